The summed E-state index contributed by atoms with van der Waals surface area (Å²) in [5, 5.41) is 12.6. The molecule has 0 aromatic heterocycles. The molecule has 2 heterocycles. The SMILES string of the molecule is Cc1ccccc1N1CC(O)(c2ccc(OC(F)F)cc2)[N+]2=C1SCCC2. The van der Waals surface area contributed by atoms with E-state index >= 15 is 0 Å². The lowest BCUT2D eigenvalue weighted by Gasteiger charge is -2.24. The van der Waals surface area contributed by atoms with Gasteiger partial charge in [-0.15, -0.1) is 0 Å². The van der Waals surface area contributed by atoms with Crippen molar-refractivity contribution in [2.45, 2.75) is 25.7 Å². The highest BCUT2D eigenvalue weighted by Crippen LogP contribution is 2.38. The zero-order valence-electron chi connectivity index (χ0n) is 14.9. The van der Waals surface area contributed by atoms with E-state index in [0.717, 1.165) is 35.1 Å². The first kappa shape index (κ1) is 18.3. The lowest BCUT2D eigenvalue weighted by Crippen LogP contribution is -2.41. The molecule has 2 aromatic rings. The third-order valence-electron chi connectivity index (χ3n) is 4.99. The molecule has 0 saturated carbocycles. The molecular formula is C20H21F2N2O2S+. The summed E-state index contributed by atoms with van der Waals surface area (Å²) in [6.45, 7) is 0.327. The number of hydrogen-bond acceptors (Lipinski definition) is 4. The highest BCUT2D eigenvalue weighted by Gasteiger charge is 2.53. The first-order valence-electron chi connectivity index (χ1n) is 8.87. The third kappa shape index (κ3) is 3.30. The van der Waals surface area contributed by atoms with Crippen LogP contribution in [0.5, 0.6) is 5.75 Å². The Morgan fingerprint density at radius 2 is 1.93 bits per heavy atom. The number of thioether (sulfide) groups is 1. The molecule has 27 heavy (non-hydrogen) atoms. The van der Waals surface area contributed by atoms with Gasteiger partial charge < -0.3 is 9.84 Å². The molecule has 4 nitrogen and oxygen atoms in total. The number of hydrogen-bond donors (Lipinski definition) is 1. The van der Waals surface area contributed by atoms with Gasteiger partial charge in [-0.2, -0.15) is 8.78 Å². The van der Waals surface area contributed by atoms with E-state index in [4.69, 9.17) is 0 Å². The number of amidine groups is 1. The van der Waals surface area contributed by atoms with Crippen LogP contribution in [0, 0.1) is 6.92 Å². The summed E-state index contributed by atoms with van der Waals surface area (Å²) in [7, 11) is 0. The van der Waals surface area contributed by atoms with Gasteiger partial charge in [0.1, 0.15) is 11.4 Å². The van der Waals surface area contributed by atoms with Gasteiger partial charge in [0.2, 0.25) is 0 Å². The van der Waals surface area contributed by atoms with Gasteiger partial charge in [-0.1, -0.05) is 18.2 Å². The maximum Gasteiger partial charge on any atom is 0.387 e. The number of β-amino-alcohol motifs (C(OH)–C–C–N with tert-alkyl or cyclic N) is 1. The second-order valence-corrected chi connectivity index (χ2v) is 7.79. The Hall–Kier alpha value is -2.12. The number of halogens is 2. The molecule has 0 aliphatic carbocycles. The molecule has 1 atom stereocenters. The Morgan fingerprint density at radius 3 is 2.63 bits per heavy atom. The van der Waals surface area contributed by atoms with E-state index in [-0.39, 0.29) is 5.75 Å². The van der Waals surface area contributed by atoms with Crippen molar-refractivity contribution in [2.75, 3.05) is 23.7 Å². The average molecular weight is 391 g/mol. The summed E-state index contributed by atoms with van der Waals surface area (Å²) >= 11 is 1.74. The van der Waals surface area contributed by atoms with Crippen molar-refractivity contribution in [1.82, 2.24) is 0 Å². The van der Waals surface area contributed by atoms with E-state index in [1.165, 1.54) is 12.1 Å². The van der Waals surface area contributed by atoms with Crippen LogP contribution in [0.3, 0.4) is 0 Å². The molecule has 4 rings (SSSR count). The topological polar surface area (TPSA) is 35.7 Å². The molecule has 0 amide bonds. The van der Waals surface area contributed by atoms with Crippen LogP contribution in [0.4, 0.5) is 14.5 Å². The Morgan fingerprint density at radius 1 is 1.19 bits per heavy atom. The van der Waals surface area contributed by atoms with Crippen molar-refractivity contribution in [2.24, 2.45) is 0 Å². The first-order chi connectivity index (χ1) is 13.0. The van der Waals surface area contributed by atoms with Gasteiger partial charge >= 0.3 is 11.8 Å². The predicted molar refractivity (Wildman–Crippen MR) is 103 cm³/mol. The summed E-state index contributed by atoms with van der Waals surface area (Å²) in [5.41, 5.74) is 1.66. The molecule has 2 aromatic carbocycles. The van der Waals surface area contributed by atoms with Crippen molar-refractivity contribution in [3.8, 4) is 5.75 Å². The van der Waals surface area contributed by atoms with Crippen molar-refractivity contribution in [3.05, 3.63) is 59.7 Å². The van der Waals surface area contributed by atoms with Crippen LogP contribution in [0.2, 0.25) is 0 Å². The standard InChI is InChI=1S/C20H21F2N2O2S/c1-14-5-2-3-6-17(14)23-13-20(25,24-11-4-12-27-19(23)24)15-7-9-16(10-8-15)26-18(21)22/h2-3,5-10,18,25H,4,11-13H2,1H3/q+1. The van der Waals surface area contributed by atoms with E-state index in [1.807, 2.05) is 16.7 Å². The minimum Gasteiger partial charge on any atom is -0.435 e. The normalized spacial score (nSPS) is 22.3. The molecular weight excluding hydrogens is 370 g/mol. The zero-order valence-corrected chi connectivity index (χ0v) is 15.8. The van der Waals surface area contributed by atoms with Gasteiger partial charge in [-0.05, 0) is 61.0 Å². The second-order valence-electron chi connectivity index (χ2n) is 6.73. The molecule has 142 valence electrons. The number of benzene rings is 2. The van der Waals surface area contributed by atoms with Gasteiger partial charge in [0.15, 0.2) is 6.54 Å². The number of aliphatic hydroxyl groups is 1. The lowest BCUT2D eigenvalue weighted by molar-refractivity contribution is -0.656. The van der Waals surface area contributed by atoms with Crippen molar-refractivity contribution in [3.63, 3.8) is 0 Å². The van der Waals surface area contributed by atoms with Crippen LogP contribution < -0.4 is 9.64 Å². The summed E-state index contributed by atoms with van der Waals surface area (Å²) in [6, 6.07) is 14.4. The summed E-state index contributed by atoms with van der Waals surface area (Å²) in [6.07, 6.45) is 0.977. The monoisotopic (exact) mass is 391 g/mol. The smallest absolute Gasteiger partial charge is 0.387 e. The second kappa shape index (κ2) is 7.13. The molecule has 2 aliphatic heterocycles. The van der Waals surface area contributed by atoms with Crippen LogP contribution in [0.25, 0.3) is 0 Å². The number of aryl methyl sites for hydroxylation is 1. The fraction of sp³-hybridized carbons (Fsp3) is 0.350. The molecule has 1 unspecified atom stereocenters. The first-order valence-corrected chi connectivity index (χ1v) is 9.86. The quantitative estimate of drug-likeness (QED) is 0.805. The van der Waals surface area contributed by atoms with Gasteiger partial charge in [-0.25, -0.2) is 9.48 Å². The average Bonchev–Trinajstić information content (AvgIpc) is 2.97. The number of para-hydroxylation sites is 1. The number of rotatable bonds is 4. The number of nitrogens with zero attached hydrogens (tertiary/aromatic N) is 2. The van der Waals surface area contributed by atoms with Crippen molar-refractivity contribution >= 4 is 22.6 Å². The molecule has 0 saturated heterocycles. The van der Waals surface area contributed by atoms with E-state index in [9.17, 15) is 13.9 Å². The largest absolute Gasteiger partial charge is 0.435 e. The highest BCUT2D eigenvalue weighted by atomic mass is 32.2. The van der Waals surface area contributed by atoms with Crippen LogP contribution in [-0.4, -0.2) is 40.3 Å². The lowest BCUT2D eigenvalue weighted by atomic mass is 10.0. The number of alkyl halides is 2. The number of anilines is 1. The Balaban J connectivity index is 1.72. The Labute approximate surface area is 161 Å². The van der Waals surface area contributed by atoms with Crippen LogP contribution in [0.1, 0.15) is 17.5 Å². The third-order valence-corrected chi connectivity index (χ3v) is 6.18. The van der Waals surface area contributed by atoms with Gasteiger partial charge in [0.05, 0.1) is 6.54 Å². The highest BCUT2D eigenvalue weighted by molar-refractivity contribution is 8.13. The van der Waals surface area contributed by atoms with E-state index in [1.54, 1.807) is 23.9 Å². The minimum atomic E-state index is -2.86. The Kier molecular flexibility index (Phi) is 4.82. The Bertz CT molecular complexity index is 873. The predicted octanol–water partition coefficient (Wildman–Crippen LogP) is 3.77. The summed E-state index contributed by atoms with van der Waals surface area (Å²) in [5.74, 6) is 1.09. The molecule has 1 N–H and O–H groups in total. The van der Waals surface area contributed by atoms with Crippen molar-refractivity contribution in [1.29, 1.82) is 0 Å². The molecule has 0 radical (unpaired) electrons. The summed E-state index contributed by atoms with van der Waals surface area (Å²) in [4.78, 5) is 2.16. The maximum atomic E-state index is 12.4. The van der Waals surface area contributed by atoms with Crippen LogP contribution in [0.15, 0.2) is 48.5 Å². The minimum absolute atomic E-state index is 0.0864. The molecule has 2 aliphatic rings. The van der Waals surface area contributed by atoms with E-state index < -0.39 is 12.3 Å². The van der Waals surface area contributed by atoms with Crippen molar-refractivity contribution < 1.29 is 23.2 Å². The van der Waals surface area contributed by atoms with Crippen LogP contribution >= 0.6 is 11.8 Å². The molecule has 0 spiro atoms. The van der Waals surface area contributed by atoms with E-state index in [0.29, 0.717) is 12.1 Å². The van der Waals surface area contributed by atoms with E-state index in [2.05, 4.69) is 28.7 Å². The van der Waals surface area contributed by atoms with Gasteiger partial charge in [-0.3, -0.25) is 0 Å². The maximum absolute atomic E-state index is 12.4. The van der Waals surface area contributed by atoms with Gasteiger partial charge in [0, 0.05) is 11.3 Å². The fourth-order valence-corrected chi connectivity index (χ4v) is 4.88. The zero-order chi connectivity index (χ0) is 19.0. The fourth-order valence-electron chi connectivity index (χ4n) is 3.70. The van der Waals surface area contributed by atoms with Crippen LogP contribution in [-0.2, 0) is 5.72 Å². The molecule has 0 bridgehead atoms. The number of ether oxygens (including phenoxy) is 1. The molecule has 0 fully saturated rings. The summed E-state index contributed by atoms with van der Waals surface area (Å²) < 4.78 is 31.3. The molecule has 7 heteroatoms. The van der Waals surface area contributed by atoms with Gasteiger partial charge in [0.25, 0.3) is 5.72 Å².